The predicted octanol–water partition coefficient (Wildman–Crippen LogP) is 4.62. The number of rotatable bonds is 5. The summed E-state index contributed by atoms with van der Waals surface area (Å²) in [7, 11) is 1.33. The fraction of sp³-hybridized carbons (Fsp3) is 0.391. The van der Waals surface area contributed by atoms with Crippen LogP contribution in [0.2, 0.25) is 0 Å². The number of carbonyl (C=O) groups excluding carboxylic acids is 2. The van der Waals surface area contributed by atoms with Crippen LogP contribution in [0.25, 0.3) is 0 Å². The molecule has 0 radical (unpaired) electrons. The Labute approximate surface area is 174 Å². The molecule has 0 unspecified atom stereocenters. The summed E-state index contributed by atoms with van der Waals surface area (Å²) < 4.78 is 10.9. The first kappa shape index (κ1) is 18.5. The van der Waals surface area contributed by atoms with Crippen LogP contribution in [-0.2, 0) is 14.3 Å². The first-order valence-corrected chi connectivity index (χ1v) is 10.3. The van der Waals surface area contributed by atoms with Crippen molar-refractivity contribution in [2.45, 2.75) is 42.3 Å². The zero-order valence-electron chi connectivity index (χ0n) is 16.1. The van der Waals surface area contributed by atoms with Gasteiger partial charge in [0.05, 0.1) is 12.6 Å². The highest BCUT2D eigenvalue weighted by atomic mass is 35.5. The average Bonchev–Trinajstić information content (AvgIpc) is 3.65. The van der Waals surface area contributed by atoms with Gasteiger partial charge in [-0.1, -0.05) is 60.7 Å². The van der Waals surface area contributed by atoms with E-state index in [0.717, 1.165) is 24.0 Å². The molecule has 1 amide bonds. The smallest absolute Gasteiger partial charge is 0.411 e. The zero-order valence-corrected chi connectivity index (χ0v) is 16.8. The number of nitrogens with zero attached hydrogens (tertiary/aromatic N) is 1. The Morgan fingerprint density at radius 2 is 1.69 bits per heavy atom. The van der Waals surface area contributed by atoms with Crippen LogP contribution in [0.5, 0.6) is 0 Å². The number of esters is 1. The molecule has 0 N–H and O–H groups in total. The zero-order chi connectivity index (χ0) is 20.2. The van der Waals surface area contributed by atoms with Crippen LogP contribution < -0.4 is 0 Å². The van der Waals surface area contributed by atoms with Gasteiger partial charge in [-0.05, 0) is 35.8 Å². The third kappa shape index (κ3) is 2.60. The van der Waals surface area contributed by atoms with Crippen molar-refractivity contribution in [3.63, 3.8) is 0 Å². The molecule has 1 saturated heterocycles. The number of ether oxygens (including phenoxy) is 2. The number of methoxy groups -OCH3 is 1. The van der Waals surface area contributed by atoms with Crippen molar-refractivity contribution < 1.29 is 19.1 Å². The molecule has 2 saturated carbocycles. The van der Waals surface area contributed by atoms with Crippen LogP contribution in [0.4, 0.5) is 4.79 Å². The Morgan fingerprint density at radius 1 is 1.10 bits per heavy atom. The number of hydrogen-bond donors (Lipinski definition) is 0. The lowest BCUT2D eigenvalue weighted by Gasteiger charge is -2.35. The van der Waals surface area contributed by atoms with Gasteiger partial charge in [-0.3, -0.25) is 9.69 Å². The van der Waals surface area contributed by atoms with Gasteiger partial charge < -0.3 is 9.47 Å². The van der Waals surface area contributed by atoms with Gasteiger partial charge in [0.2, 0.25) is 0 Å². The minimum absolute atomic E-state index is 0.106. The Bertz CT molecular complexity index is 946. The Morgan fingerprint density at radius 3 is 2.21 bits per heavy atom. The van der Waals surface area contributed by atoms with Crippen molar-refractivity contribution in [3.05, 3.63) is 71.8 Å². The third-order valence-electron chi connectivity index (χ3n) is 6.77. The summed E-state index contributed by atoms with van der Waals surface area (Å²) in [5, 5.41) is -0.928. The largest absolute Gasteiger partial charge is 0.468 e. The van der Waals surface area contributed by atoms with E-state index in [1.165, 1.54) is 7.11 Å². The van der Waals surface area contributed by atoms with E-state index in [9.17, 15) is 9.59 Å². The SMILES string of the molecule is COC(=O)[C@@H](Cl)[C@@]1(N2C(=O)O[C@@H](c3ccccc3)[C@H]2c2ccccc2)CC12CC2. The van der Waals surface area contributed by atoms with Gasteiger partial charge in [-0.2, -0.15) is 0 Å². The highest BCUT2D eigenvalue weighted by molar-refractivity contribution is 6.31. The lowest BCUT2D eigenvalue weighted by atomic mass is 9.92. The molecule has 2 aliphatic carbocycles. The number of carbonyl (C=O) groups is 2. The van der Waals surface area contributed by atoms with E-state index in [2.05, 4.69) is 0 Å². The fourth-order valence-electron chi connectivity index (χ4n) is 5.11. The molecule has 0 aromatic heterocycles. The lowest BCUT2D eigenvalue weighted by Crippen LogP contribution is -2.51. The minimum atomic E-state index is -0.928. The van der Waals surface area contributed by atoms with Gasteiger partial charge in [-0.15, -0.1) is 11.6 Å². The van der Waals surface area contributed by atoms with Crippen LogP contribution in [0.1, 0.15) is 42.5 Å². The topological polar surface area (TPSA) is 55.8 Å². The molecule has 4 atom stereocenters. The maximum Gasteiger partial charge on any atom is 0.411 e. The van der Waals surface area contributed by atoms with E-state index in [-0.39, 0.29) is 11.5 Å². The maximum atomic E-state index is 13.3. The van der Waals surface area contributed by atoms with Crippen LogP contribution in [-0.4, -0.2) is 35.0 Å². The molecule has 29 heavy (non-hydrogen) atoms. The summed E-state index contributed by atoms with van der Waals surface area (Å²) in [6.45, 7) is 0. The highest BCUT2D eigenvalue weighted by Crippen LogP contribution is 2.79. The molecular weight excluding hydrogens is 390 g/mol. The monoisotopic (exact) mass is 411 g/mol. The molecule has 5 nitrogen and oxygen atoms in total. The van der Waals surface area contributed by atoms with E-state index in [1.54, 1.807) is 4.90 Å². The minimum Gasteiger partial charge on any atom is -0.468 e. The fourth-order valence-corrected chi connectivity index (χ4v) is 5.61. The molecule has 150 valence electrons. The van der Waals surface area contributed by atoms with Crippen molar-refractivity contribution in [1.82, 2.24) is 4.90 Å². The first-order chi connectivity index (χ1) is 14.0. The van der Waals surface area contributed by atoms with Crippen LogP contribution in [0.3, 0.4) is 0 Å². The van der Waals surface area contributed by atoms with Gasteiger partial charge in [0.15, 0.2) is 11.5 Å². The Kier molecular flexibility index (Phi) is 4.14. The van der Waals surface area contributed by atoms with Crippen molar-refractivity contribution >= 4 is 23.7 Å². The number of cyclic esters (lactones) is 1. The summed E-state index contributed by atoms with van der Waals surface area (Å²) in [6.07, 6.45) is 1.71. The van der Waals surface area contributed by atoms with E-state index in [4.69, 9.17) is 21.1 Å². The molecule has 0 bridgehead atoms. The molecule has 3 aliphatic rings. The van der Waals surface area contributed by atoms with Crippen molar-refractivity contribution in [3.8, 4) is 0 Å². The quantitative estimate of drug-likeness (QED) is 0.532. The molecule has 1 spiro atoms. The molecule has 5 rings (SSSR count). The summed E-state index contributed by atoms with van der Waals surface area (Å²) in [5.74, 6) is -0.502. The normalized spacial score (nSPS) is 30.0. The van der Waals surface area contributed by atoms with E-state index in [1.807, 2.05) is 60.7 Å². The summed E-state index contributed by atoms with van der Waals surface area (Å²) >= 11 is 6.68. The van der Waals surface area contributed by atoms with Gasteiger partial charge in [-0.25, -0.2) is 4.79 Å². The maximum absolute atomic E-state index is 13.3. The molecule has 1 aliphatic heterocycles. The van der Waals surface area contributed by atoms with Crippen molar-refractivity contribution in [2.24, 2.45) is 5.41 Å². The highest BCUT2D eigenvalue weighted by Gasteiger charge is 2.83. The Hall–Kier alpha value is -2.53. The second-order valence-electron chi connectivity index (χ2n) is 8.21. The van der Waals surface area contributed by atoms with Crippen LogP contribution in [0, 0.1) is 5.41 Å². The van der Waals surface area contributed by atoms with Crippen LogP contribution in [0.15, 0.2) is 60.7 Å². The van der Waals surface area contributed by atoms with Crippen molar-refractivity contribution in [2.75, 3.05) is 7.11 Å². The van der Waals surface area contributed by atoms with E-state index >= 15 is 0 Å². The number of halogens is 1. The van der Waals surface area contributed by atoms with Gasteiger partial charge >= 0.3 is 12.1 Å². The summed E-state index contributed by atoms with van der Waals surface area (Å²) in [4.78, 5) is 27.4. The van der Waals surface area contributed by atoms with Gasteiger partial charge in [0, 0.05) is 0 Å². The number of hydrogen-bond acceptors (Lipinski definition) is 4. The number of alkyl halides is 1. The van der Waals surface area contributed by atoms with Crippen LogP contribution >= 0.6 is 11.6 Å². The van der Waals surface area contributed by atoms with E-state index in [0.29, 0.717) is 6.42 Å². The summed E-state index contributed by atoms with van der Waals surface area (Å²) in [6, 6.07) is 19.2. The van der Waals surface area contributed by atoms with E-state index < -0.39 is 29.1 Å². The average molecular weight is 412 g/mol. The lowest BCUT2D eigenvalue weighted by molar-refractivity contribution is -0.142. The third-order valence-corrected chi connectivity index (χ3v) is 7.31. The Balaban J connectivity index is 1.63. The van der Waals surface area contributed by atoms with Gasteiger partial charge in [0.25, 0.3) is 0 Å². The molecule has 6 heteroatoms. The van der Waals surface area contributed by atoms with Gasteiger partial charge in [0.1, 0.15) is 6.04 Å². The summed E-state index contributed by atoms with van der Waals surface area (Å²) in [5.41, 5.74) is 0.999. The molecular formula is C23H22ClNO4. The molecule has 1 heterocycles. The molecule has 2 aromatic carbocycles. The standard InChI is InChI=1S/C23H22ClNO4/c1-28-20(26)19(24)23(14-22(23)12-13-22)25-17(15-8-4-2-5-9-15)18(29-21(25)27)16-10-6-3-7-11-16/h2-11,17-19H,12-14H2,1H3/t17-,18+,19-,23+/m1/s1. The molecule has 2 aromatic rings. The second kappa shape index (κ2) is 6.49. The van der Waals surface area contributed by atoms with Crippen molar-refractivity contribution in [1.29, 1.82) is 0 Å². The molecule has 3 fully saturated rings. The number of benzene rings is 2. The second-order valence-corrected chi connectivity index (χ2v) is 8.64. The predicted molar refractivity (Wildman–Crippen MR) is 107 cm³/mol. The number of amides is 1. The first-order valence-electron chi connectivity index (χ1n) is 9.86.